The van der Waals surface area contributed by atoms with Gasteiger partial charge in [-0.15, -0.1) is 0 Å². The van der Waals surface area contributed by atoms with Crippen molar-refractivity contribution in [3.8, 4) is 0 Å². The minimum Gasteiger partial charge on any atom is -0.329 e. The van der Waals surface area contributed by atoms with Crippen LogP contribution in [0.15, 0.2) is 18.2 Å². The number of hydrogen-bond donors (Lipinski definition) is 1. The molecule has 0 aromatic heterocycles. The van der Waals surface area contributed by atoms with Gasteiger partial charge >= 0.3 is 0 Å². The van der Waals surface area contributed by atoms with E-state index in [1.54, 1.807) is 0 Å². The Hall–Kier alpha value is -0.900. The molecule has 2 rings (SSSR count). The van der Waals surface area contributed by atoms with Crippen LogP contribution in [0.1, 0.15) is 29.7 Å². The second kappa shape index (κ2) is 6.04. The smallest absolute Gasteiger partial charge is 0.0477 e. The van der Waals surface area contributed by atoms with E-state index in [0.717, 1.165) is 19.6 Å². The molecule has 1 fully saturated rings. The van der Waals surface area contributed by atoms with Gasteiger partial charge in [0.1, 0.15) is 0 Å². The number of likely N-dealkylation sites (N-methyl/N-ethyl adjacent to an activating group) is 1. The second-order valence-corrected chi connectivity index (χ2v) is 5.89. The molecule has 1 aliphatic heterocycles. The monoisotopic (exact) mass is 261 g/mol. The van der Waals surface area contributed by atoms with E-state index in [0.29, 0.717) is 18.6 Å². The highest BCUT2D eigenvalue weighted by molar-refractivity contribution is 5.35. The van der Waals surface area contributed by atoms with E-state index in [9.17, 15) is 0 Å². The Morgan fingerprint density at radius 1 is 1.32 bits per heavy atom. The largest absolute Gasteiger partial charge is 0.329 e. The number of nitrogens with zero attached hydrogens (tertiary/aromatic N) is 2. The molecule has 0 radical (unpaired) electrons. The van der Waals surface area contributed by atoms with Crippen LogP contribution in [0.2, 0.25) is 0 Å². The zero-order chi connectivity index (χ0) is 14.0. The molecule has 3 nitrogen and oxygen atoms in total. The normalized spacial score (nSPS) is 23.5. The first-order valence-corrected chi connectivity index (χ1v) is 7.25. The summed E-state index contributed by atoms with van der Waals surface area (Å²) in [5.41, 5.74) is 10.2. The average Bonchev–Trinajstić information content (AvgIpc) is 2.37. The van der Waals surface area contributed by atoms with Crippen molar-refractivity contribution in [1.29, 1.82) is 0 Å². The molecule has 0 aliphatic carbocycles. The van der Waals surface area contributed by atoms with Gasteiger partial charge in [-0.05, 0) is 44.5 Å². The van der Waals surface area contributed by atoms with E-state index in [2.05, 4.69) is 55.8 Å². The third-order valence-electron chi connectivity index (χ3n) is 4.51. The number of benzene rings is 1. The number of rotatable bonds is 3. The maximum absolute atomic E-state index is 6.10. The van der Waals surface area contributed by atoms with Gasteiger partial charge in [-0.2, -0.15) is 0 Å². The summed E-state index contributed by atoms with van der Waals surface area (Å²) in [4.78, 5) is 4.97. The molecule has 2 unspecified atom stereocenters. The van der Waals surface area contributed by atoms with Crippen molar-refractivity contribution in [3.63, 3.8) is 0 Å². The summed E-state index contributed by atoms with van der Waals surface area (Å²) >= 11 is 0. The van der Waals surface area contributed by atoms with Crippen molar-refractivity contribution in [2.24, 2.45) is 5.73 Å². The lowest BCUT2D eigenvalue weighted by molar-refractivity contribution is 0.0633. The number of hydrogen-bond acceptors (Lipinski definition) is 3. The van der Waals surface area contributed by atoms with Crippen LogP contribution in [0.4, 0.5) is 0 Å². The van der Waals surface area contributed by atoms with E-state index < -0.39 is 0 Å². The molecule has 0 bridgehead atoms. The Bertz CT molecular complexity index is 430. The molecule has 0 spiro atoms. The lowest BCUT2D eigenvalue weighted by Gasteiger charge is -2.43. The van der Waals surface area contributed by atoms with Gasteiger partial charge in [0.05, 0.1) is 0 Å². The summed E-state index contributed by atoms with van der Waals surface area (Å²) in [6.07, 6.45) is 0. The van der Waals surface area contributed by atoms with Crippen LogP contribution >= 0.6 is 0 Å². The zero-order valence-electron chi connectivity index (χ0n) is 12.7. The number of aryl methyl sites for hydroxylation is 1. The first kappa shape index (κ1) is 14.5. The maximum atomic E-state index is 6.10. The summed E-state index contributed by atoms with van der Waals surface area (Å²) < 4.78 is 0. The van der Waals surface area contributed by atoms with Gasteiger partial charge in [-0.1, -0.05) is 18.2 Å². The summed E-state index contributed by atoms with van der Waals surface area (Å²) in [7, 11) is 2.20. The van der Waals surface area contributed by atoms with Crippen molar-refractivity contribution in [2.75, 3.05) is 33.2 Å². The fraction of sp³-hybridized carbons (Fsp3) is 0.625. The van der Waals surface area contributed by atoms with Gasteiger partial charge < -0.3 is 10.6 Å². The van der Waals surface area contributed by atoms with E-state index in [-0.39, 0.29) is 0 Å². The fourth-order valence-electron chi connectivity index (χ4n) is 3.19. The molecule has 2 atom stereocenters. The summed E-state index contributed by atoms with van der Waals surface area (Å²) in [5.74, 6) is 0. The predicted octanol–water partition coefficient (Wildman–Crippen LogP) is 1.94. The second-order valence-electron chi connectivity index (χ2n) is 5.89. The number of nitrogens with two attached hydrogens (primary N) is 1. The molecule has 0 saturated carbocycles. The van der Waals surface area contributed by atoms with Gasteiger partial charge in [0.2, 0.25) is 0 Å². The SMILES string of the molecule is Cc1cccc(C(CN)N2CCN(C)CC2C)c1C. The standard InChI is InChI=1S/C16H27N3/c1-12-6-5-7-15(14(12)3)16(10-17)19-9-8-18(4)11-13(19)2/h5-7,13,16H,8-11,17H2,1-4H3. The third-order valence-corrected chi connectivity index (χ3v) is 4.51. The van der Waals surface area contributed by atoms with E-state index in [4.69, 9.17) is 5.73 Å². The summed E-state index contributed by atoms with van der Waals surface area (Å²) in [5, 5.41) is 0. The Morgan fingerprint density at radius 3 is 2.68 bits per heavy atom. The molecule has 106 valence electrons. The molecule has 3 heteroatoms. The van der Waals surface area contributed by atoms with Crippen molar-refractivity contribution >= 4 is 0 Å². The van der Waals surface area contributed by atoms with Crippen molar-refractivity contribution in [2.45, 2.75) is 32.9 Å². The topological polar surface area (TPSA) is 32.5 Å². The Morgan fingerprint density at radius 2 is 2.05 bits per heavy atom. The maximum Gasteiger partial charge on any atom is 0.0477 e. The highest BCUT2D eigenvalue weighted by Gasteiger charge is 2.29. The van der Waals surface area contributed by atoms with Gasteiger partial charge in [-0.25, -0.2) is 0 Å². The molecule has 1 aliphatic rings. The van der Waals surface area contributed by atoms with E-state index in [1.807, 2.05) is 0 Å². The van der Waals surface area contributed by atoms with Gasteiger partial charge in [0.25, 0.3) is 0 Å². The van der Waals surface area contributed by atoms with Crippen LogP contribution in [0.3, 0.4) is 0 Å². The Labute approximate surface area is 117 Å². The summed E-state index contributed by atoms with van der Waals surface area (Å²) in [6.45, 7) is 10.8. The Balaban J connectivity index is 2.27. The van der Waals surface area contributed by atoms with Gasteiger partial charge in [-0.3, -0.25) is 4.90 Å². The lowest BCUT2D eigenvalue weighted by Crippen LogP contribution is -2.53. The molecular weight excluding hydrogens is 234 g/mol. The van der Waals surface area contributed by atoms with Crippen molar-refractivity contribution in [1.82, 2.24) is 9.80 Å². The fourth-order valence-corrected chi connectivity index (χ4v) is 3.19. The quantitative estimate of drug-likeness (QED) is 0.902. The van der Waals surface area contributed by atoms with Gasteiger partial charge in [0, 0.05) is 38.3 Å². The molecule has 2 N–H and O–H groups in total. The highest BCUT2D eigenvalue weighted by Crippen LogP contribution is 2.28. The van der Waals surface area contributed by atoms with Crippen LogP contribution in [-0.2, 0) is 0 Å². The lowest BCUT2D eigenvalue weighted by atomic mass is 9.95. The summed E-state index contributed by atoms with van der Waals surface area (Å²) in [6, 6.07) is 7.49. The van der Waals surface area contributed by atoms with Gasteiger partial charge in [0.15, 0.2) is 0 Å². The van der Waals surface area contributed by atoms with Crippen LogP contribution in [0, 0.1) is 13.8 Å². The van der Waals surface area contributed by atoms with Crippen LogP contribution in [0.5, 0.6) is 0 Å². The Kier molecular flexibility index (Phi) is 4.61. The zero-order valence-corrected chi connectivity index (χ0v) is 12.7. The first-order chi connectivity index (χ1) is 9.04. The molecule has 1 saturated heterocycles. The molecule has 0 amide bonds. The molecule has 1 aromatic carbocycles. The molecular formula is C16H27N3. The van der Waals surface area contributed by atoms with Crippen LogP contribution in [-0.4, -0.2) is 49.1 Å². The van der Waals surface area contributed by atoms with E-state index >= 15 is 0 Å². The van der Waals surface area contributed by atoms with Crippen LogP contribution < -0.4 is 5.73 Å². The predicted molar refractivity (Wildman–Crippen MR) is 81.4 cm³/mol. The van der Waals surface area contributed by atoms with Crippen molar-refractivity contribution < 1.29 is 0 Å². The minimum atomic E-state index is 0.351. The third kappa shape index (κ3) is 2.99. The molecule has 19 heavy (non-hydrogen) atoms. The van der Waals surface area contributed by atoms with Crippen LogP contribution in [0.25, 0.3) is 0 Å². The van der Waals surface area contributed by atoms with E-state index in [1.165, 1.54) is 16.7 Å². The first-order valence-electron chi connectivity index (χ1n) is 7.25. The van der Waals surface area contributed by atoms with Crippen molar-refractivity contribution in [3.05, 3.63) is 34.9 Å². The molecule has 1 aromatic rings. The highest BCUT2D eigenvalue weighted by atomic mass is 15.3. The number of piperazine rings is 1. The average molecular weight is 261 g/mol. The minimum absolute atomic E-state index is 0.351. The molecule has 1 heterocycles.